The molecule has 0 spiro atoms. The molecule has 1 heterocycles. The fourth-order valence-electron chi connectivity index (χ4n) is 2.58. The number of nitrogens with one attached hydrogen (secondary N) is 2. The number of benzene rings is 1. The van der Waals surface area contributed by atoms with Crippen molar-refractivity contribution in [1.29, 1.82) is 0 Å². The van der Waals surface area contributed by atoms with E-state index in [2.05, 4.69) is 10.8 Å². The van der Waals surface area contributed by atoms with Gasteiger partial charge in [0, 0.05) is 30.5 Å². The summed E-state index contributed by atoms with van der Waals surface area (Å²) in [5, 5.41) is 2.77. The largest absolute Gasteiger partial charge is 0.382 e. The minimum absolute atomic E-state index is 0.0440. The first-order valence-electron chi connectivity index (χ1n) is 7.66. The van der Waals surface area contributed by atoms with Gasteiger partial charge in [0.25, 0.3) is 5.91 Å². The SMILES string of the molecule is CC1=C(CCNC(=O)c2ccc(F)cc2)NOC2=CCC(=O)C=C21. The molecule has 0 fully saturated rings. The van der Waals surface area contributed by atoms with E-state index in [1.54, 1.807) is 12.2 Å². The molecule has 1 amide bonds. The molecule has 6 heteroatoms. The normalized spacial score (nSPS) is 16.5. The van der Waals surface area contributed by atoms with Crippen LogP contribution >= 0.6 is 0 Å². The van der Waals surface area contributed by atoms with Crippen LogP contribution in [0.2, 0.25) is 0 Å². The van der Waals surface area contributed by atoms with E-state index in [0.717, 1.165) is 16.8 Å². The Balaban J connectivity index is 1.61. The first-order valence-corrected chi connectivity index (χ1v) is 7.66. The third kappa shape index (κ3) is 3.37. The van der Waals surface area contributed by atoms with E-state index in [1.165, 1.54) is 24.3 Å². The summed E-state index contributed by atoms with van der Waals surface area (Å²) >= 11 is 0. The van der Waals surface area contributed by atoms with Crippen molar-refractivity contribution in [3.8, 4) is 0 Å². The number of ketones is 1. The summed E-state index contributed by atoms with van der Waals surface area (Å²) in [7, 11) is 0. The standard InChI is InChI=1S/C18H17FN2O3/c1-11-15-10-14(22)6-7-17(15)24-21-16(11)8-9-20-18(23)12-2-4-13(19)5-3-12/h2-5,7,10,21H,6,8-9H2,1H3,(H,20,23). The van der Waals surface area contributed by atoms with Gasteiger partial charge in [-0.25, -0.2) is 9.87 Å². The molecule has 1 aromatic rings. The molecule has 2 aliphatic rings. The Morgan fingerprint density at radius 3 is 2.83 bits per heavy atom. The van der Waals surface area contributed by atoms with Crippen LogP contribution in [0, 0.1) is 5.82 Å². The summed E-state index contributed by atoms with van der Waals surface area (Å²) in [6.45, 7) is 2.30. The number of fused-ring (bicyclic) bond motifs is 1. The average Bonchev–Trinajstić information content (AvgIpc) is 2.58. The maximum absolute atomic E-state index is 12.9. The molecule has 5 nitrogen and oxygen atoms in total. The zero-order valence-electron chi connectivity index (χ0n) is 13.2. The van der Waals surface area contributed by atoms with Gasteiger partial charge >= 0.3 is 0 Å². The van der Waals surface area contributed by atoms with E-state index in [9.17, 15) is 14.0 Å². The van der Waals surface area contributed by atoms with Crippen LogP contribution in [0.5, 0.6) is 0 Å². The summed E-state index contributed by atoms with van der Waals surface area (Å²) in [6.07, 6.45) is 4.21. The molecule has 0 bridgehead atoms. The van der Waals surface area contributed by atoms with Crippen LogP contribution in [-0.2, 0) is 9.63 Å². The van der Waals surface area contributed by atoms with Crippen molar-refractivity contribution in [1.82, 2.24) is 10.8 Å². The van der Waals surface area contributed by atoms with Crippen LogP contribution in [0.15, 0.2) is 59.0 Å². The van der Waals surface area contributed by atoms with Crippen LogP contribution in [0.1, 0.15) is 30.1 Å². The first kappa shape index (κ1) is 16.0. The lowest BCUT2D eigenvalue weighted by atomic mass is 9.95. The molecule has 1 aliphatic heterocycles. The van der Waals surface area contributed by atoms with Gasteiger partial charge in [0.1, 0.15) is 5.82 Å². The minimum Gasteiger partial charge on any atom is -0.382 e. The van der Waals surface area contributed by atoms with E-state index >= 15 is 0 Å². The van der Waals surface area contributed by atoms with Crippen molar-refractivity contribution in [2.24, 2.45) is 0 Å². The summed E-state index contributed by atoms with van der Waals surface area (Å²) in [5.74, 6) is 0.0569. The van der Waals surface area contributed by atoms with Crippen molar-refractivity contribution in [2.45, 2.75) is 19.8 Å². The first-order chi connectivity index (χ1) is 11.5. The number of amides is 1. The van der Waals surface area contributed by atoms with Crippen molar-refractivity contribution in [3.05, 3.63) is 70.4 Å². The highest BCUT2D eigenvalue weighted by atomic mass is 19.1. The van der Waals surface area contributed by atoms with Crippen molar-refractivity contribution >= 4 is 11.7 Å². The molecule has 3 rings (SSSR count). The molecular weight excluding hydrogens is 311 g/mol. The molecule has 0 aromatic heterocycles. The predicted octanol–water partition coefficient (Wildman–Crippen LogP) is 2.54. The van der Waals surface area contributed by atoms with Crippen LogP contribution in [0.3, 0.4) is 0 Å². The van der Waals surface area contributed by atoms with Gasteiger partial charge in [-0.15, -0.1) is 0 Å². The lowest BCUT2D eigenvalue weighted by Crippen LogP contribution is -2.29. The fraction of sp³-hybridized carbons (Fsp3) is 0.222. The molecule has 2 N–H and O–H groups in total. The van der Waals surface area contributed by atoms with Crippen molar-refractivity contribution in [3.63, 3.8) is 0 Å². The molecule has 1 aliphatic carbocycles. The maximum Gasteiger partial charge on any atom is 0.251 e. The van der Waals surface area contributed by atoms with Gasteiger partial charge in [-0.05, 0) is 48.9 Å². The van der Waals surface area contributed by atoms with E-state index in [1.807, 2.05) is 6.92 Å². The number of allylic oxidation sites excluding steroid dienone is 3. The molecule has 1 aromatic carbocycles. The van der Waals surface area contributed by atoms with Gasteiger partial charge in [-0.3, -0.25) is 9.59 Å². The smallest absolute Gasteiger partial charge is 0.251 e. The second-order valence-corrected chi connectivity index (χ2v) is 5.62. The van der Waals surface area contributed by atoms with Crippen LogP contribution in [0.4, 0.5) is 4.39 Å². The third-order valence-electron chi connectivity index (χ3n) is 3.97. The Kier molecular flexibility index (Phi) is 4.46. The molecule has 0 saturated heterocycles. The van der Waals surface area contributed by atoms with Gasteiger partial charge in [-0.1, -0.05) is 0 Å². The van der Waals surface area contributed by atoms with Crippen LogP contribution < -0.4 is 10.8 Å². The highest BCUT2D eigenvalue weighted by Gasteiger charge is 2.23. The molecular formula is C18H17FN2O3. The monoisotopic (exact) mass is 328 g/mol. The second kappa shape index (κ2) is 6.70. The van der Waals surface area contributed by atoms with E-state index < -0.39 is 0 Å². The minimum atomic E-state index is -0.380. The highest BCUT2D eigenvalue weighted by Crippen LogP contribution is 2.30. The molecule has 0 saturated carbocycles. The number of halogens is 1. The summed E-state index contributed by atoms with van der Waals surface area (Å²) in [5.41, 5.74) is 5.79. The zero-order chi connectivity index (χ0) is 17.1. The van der Waals surface area contributed by atoms with Gasteiger partial charge in [-0.2, -0.15) is 0 Å². The van der Waals surface area contributed by atoms with Gasteiger partial charge in [0.05, 0.1) is 5.70 Å². The van der Waals surface area contributed by atoms with Gasteiger partial charge in [0.2, 0.25) is 0 Å². The lowest BCUT2D eigenvalue weighted by molar-refractivity contribution is -0.114. The Hall–Kier alpha value is -2.89. The Bertz CT molecular complexity index is 776. The molecule has 0 atom stereocenters. The second-order valence-electron chi connectivity index (χ2n) is 5.62. The number of carbonyl (C=O) groups excluding carboxylic acids is 2. The number of carbonyl (C=O) groups is 2. The highest BCUT2D eigenvalue weighted by molar-refractivity contribution is 5.95. The van der Waals surface area contributed by atoms with E-state index in [-0.39, 0.29) is 17.5 Å². The van der Waals surface area contributed by atoms with Gasteiger partial charge < -0.3 is 10.2 Å². The Labute approximate surface area is 138 Å². The molecule has 124 valence electrons. The topological polar surface area (TPSA) is 67.4 Å². The van der Waals surface area contributed by atoms with Crippen molar-refractivity contribution < 1.29 is 18.8 Å². The fourth-order valence-corrected chi connectivity index (χ4v) is 2.58. The van der Waals surface area contributed by atoms with Crippen molar-refractivity contribution in [2.75, 3.05) is 6.54 Å². The van der Waals surface area contributed by atoms with E-state index in [4.69, 9.17) is 4.84 Å². The quantitative estimate of drug-likeness (QED) is 0.891. The third-order valence-corrected chi connectivity index (χ3v) is 3.97. The predicted molar refractivity (Wildman–Crippen MR) is 86.1 cm³/mol. The average molecular weight is 328 g/mol. The molecule has 0 unspecified atom stereocenters. The number of hydrogen-bond acceptors (Lipinski definition) is 4. The van der Waals surface area contributed by atoms with Crippen LogP contribution in [-0.4, -0.2) is 18.2 Å². The van der Waals surface area contributed by atoms with E-state index in [0.29, 0.717) is 30.7 Å². The van der Waals surface area contributed by atoms with Crippen LogP contribution in [0.25, 0.3) is 0 Å². The molecule has 0 radical (unpaired) electrons. The molecule has 24 heavy (non-hydrogen) atoms. The lowest BCUT2D eigenvalue weighted by Gasteiger charge is -2.26. The number of rotatable bonds is 4. The van der Waals surface area contributed by atoms with Gasteiger partial charge in [0.15, 0.2) is 11.5 Å². The summed E-state index contributed by atoms with van der Waals surface area (Å²) < 4.78 is 12.9. The Morgan fingerprint density at radius 1 is 1.33 bits per heavy atom. The Morgan fingerprint density at radius 2 is 2.08 bits per heavy atom. The maximum atomic E-state index is 12.9. The summed E-state index contributed by atoms with van der Waals surface area (Å²) in [6, 6.07) is 5.37. The number of hydroxylamine groups is 1. The number of hydrogen-bond donors (Lipinski definition) is 2. The zero-order valence-corrected chi connectivity index (χ0v) is 13.2. The summed E-state index contributed by atoms with van der Waals surface area (Å²) in [4.78, 5) is 29.0.